The van der Waals surface area contributed by atoms with Crippen LogP contribution in [0.5, 0.6) is 0 Å². The summed E-state index contributed by atoms with van der Waals surface area (Å²) in [6, 6.07) is 2.74. The Bertz CT molecular complexity index is 442. The first-order valence-electron chi connectivity index (χ1n) is 5.34. The summed E-state index contributed by atoms with van der Waals surface area (Å²) in [6.07, 6.45) is -0.700. The molecule has 0 heterocycles. The van der Waals surface area contributed by atoms with Gasteiger partial charge in [0, 0.05) is 11.6 Å². The van der Waals surface area contributed by atoms with Gasteiger partial charge in [0.2, 0.25) is 5.91 Å². The molecular weight excluding hydrogens is 244 g/mol. The fourth-order valence-electron chi connectivity index (χ4n) is 1.50. The van der Waals surface area contributed by atoms with Crippen LogP contribution >= 0.6 is 0 Å². The van der Waals surface area contributed by atoms with Crippen LogP contribution in [0.2, 0.25) is 0 Å². The molecule has 1 rings (SSSR count). The van der Waals surface area contributed by atoms with Crippen LogP contribution in [0.1, 0.15) is 18.9 Å². The van der Waals surface area contributed by atoms with Gasteiger partial charge >= 0.3 is 5.97 Å². The minimum absolute atomic E-state index is 0.245. The molecule has 0 aliphatic rings. The van der Waals surface area contributed by atoms with Gasteiger partial charge in [-0.05, 0) is 19.1 Å². The number of carboxylic acid groups (broad SMARTS) is 1. The molecule has 1 aromatic carbocycles. The van der Waals surface area contributed by atoms with Crippen LogP contribution in [0.4, 0.5) is 8.78 Å². The van der Waals surface area contributed by atoms with Crippen LogP contribution in [-0.4, -0.2) is 23.0 Å². The Labute approximate surface area is 103 Å². The van der Waals surface area contributed by atoms with Crippen molar-refractivity contribution in [2.75, 3.05) is 0 Å². The summed E-state index contributed by atoms with van der Waals surface area (Å²) in [5.41, 5.74) is -0.322. The summed E-state index contributed by atoms with van der Waals surface area (Å²) in [5.74, 6) is -3.26. The summed E-state index contributed by atoms with van der Waals surface area (Å²) in [4.78, 5) is 21.9. The second-order valence-corrected chi connectivity index (χ2v) is 3.94. The van der Waals surface area contributed by atoms with Crippen LogP contribution in [0, 0.1) is 11.6 Å². The van der Waals surface area contributed by atoms with Gasteiger partial charge < -0.3 is 10.4 Å². The summed E-state index contributed by atoms with van der Waals surface area (Å²) < 4.78 is 26.5. The molecule has 0 aliphatic heterocycles. The lowest BCUT2D eigenvalue weighted by atomic mass is 10.1. The SMILES string of the molecule is CC(CC(=O)O)NC(=O)Cc1c(F)cccc1F. The van der Waals surface area contributed by atoms with E-state index in [2.05, 4.69) is 5.32 Å². The zero-order chi connectivity index (χ0) is 13.7. The molecule has 2 N–H and O–H groups in total. The maximum Gasteiger partial charge on any atom is 0.305 e. The number of halogens is 2. The summed E-state index contributed by atoms with van der Waals surface area (Å²) in [5, 5.41) is 10.9. The number of hydrogen-bond acceptors (Lipinski definition) is 2. The van der Waals surface area contributed by atoms with Crippen molar-refractivity contribution in [1.82, 2.24) is 5.32 Å². The normalized spacial score (nSPS) is 11.9. The number of benzene rings is 1. The zero-order valence-corrected chi connectivity index (χ0v) is 9.74. The minimum atomic E-state index is -1.06. The van der Waals surface area contributed by atoms with Gasteiger partial charge in [0.15, 0.2) is 0 Å². The Morgan fingerprint density at radius 3 is 2.39 bits per heavy atom. The maximum absolute atomic E-state index is 13.2. The number of nitrogens with one attached hydrogen (secondary N) is 1. The second kappa shape index (κ2) is 6.09. The van der Waals surface area contributed by atoms with E-state index in [1.807, 2.05) is 0 Å². The van der Waals surface area contributed by atoms with Crippen LogP contribution < -0.4 is 5.32 Å². The number of rotatable bonds is 5. The van der Waals surface area contributed by atoms with Gasteiger partial charge in [-0.25, -0.2) is 8.78 Å². The van der Waals surface area contributed by atoms with Crippen molar-refractivity contribution in [3.63, 3.8) is 0 Å². The number of carbonyl (C=O) groups excluding carboxylic acids is 1. The molecule has 0 aromatic heterocycles. The molecule has 1 atom stereocenters. The summed E-state index contributed by atoms with van der Waals surface area (Å²) in [6.45, 7) is 1.50. The molecule has 0 radical (unpaired) electrons. The topological polar surface area (TPSA) is 66.4 Å². The Morgan fingerprint density at radius 2 is 1.89 bits per heavy atom. The minimum Gasteiger partial charge on any atom is -0.481 e. The lowest BCUT2D eigenvalue weighted by Gasteiger charge is -2.12. The third kappa shape index (κ3) is 4.12. The predicted octanol–water partition coefficient (Wildman–Crippen LogP) is 1.49. The van der Waals surface area contributed by atoms with E-state index in [1.165, 1.54) is 13.0 Å². The van der Waals surface area contributed by atoms with Crippen molar-refractivity contribution in [2.45, 2.75) is 25.8 Å². The molecule has 0 saturated carbocycles. The van der Waals surface area contributed by atoms with E-state index in [0.29, 0.717) is 0 Å². The van der Waals surface area contributed by atoms with Crippen molar-refractivity contribution in [2.24, 2.45) is 0 Å². The number of aliphatic carboxylic acids is 1. The summed E-state index contributed by atoms with van der Waals surface area (Å²) in [7, 11) is 0. The Hall–Kier alpha value is -1.98. The van der Waals surface area contributed by atoms with Crippen LogP contribution in [0.3, 0.4) is 0 Å². The molecule has 0 bridgehead atoms. The maximum atomic E-state index is 13.2. The van der Waals surface area contributed by atoms with E-state index in [9.17, 15) is 18.4 Å². The lowest BCUT2D eigenvalue weighted by molar-refractivity contribution is -0.137. The zero-order valence-electron chi connectivity index (χ0n) is 9.74. The average molecular weight is 257 g/mol. The van der Waals surface area contributed by atoms with E-state index >= 15 is 0 Å². The molecule has 4 nitrogen and oxygen atoms in total. The highest BCUT2D eigenvalue weighted by Gasteiger charge is 2.15. The van der Waals surface area contributed by atoms with Crippen LogP contribution in [-0.2, 0) is 16.0 Å². The number of carboxylic acids is 1. The second-order valence-electron chi connectivity index (χ2n) is 3.94. The highest BCUT2D eigenvalue weighted by atomic mass is 19.1. The first-order chi connectivity index (χ1) is 8.40. The quantitative estimate of drug-likeness (QED) is 0.839. The van der Waals surface area contributed by atoms with E-state index in [-0.39, 0.29) is 12.0 Å². The van der Waals surface area contributed by atoms with Crippen molar-refractivity contribution in [3.8, 4) is 0 Å². The first kappa shape index (κ1) is 14.1. The molecule has 1 aromatic rings. The lowest BCUT2D eigenvalue weighted by Crippen LogP contribution is -2.35. The molecule has 18 heavy (non-hydrogen) atoms. The molecule has 0 saturated heterocycles. The molecule has 0 spiro atoms. The Kier molecular flexibility index (Phi) is 4.76. The molecule has 6 heteroatoms. The van der Waals surface area contributed by atoms with Gasteiger partial charge in [-0.1, -0.05) is 6.07 Å². The highest BCUT2D eigenvalue weighted by Crippen LogP contribution is 2.12. The Morgan fingerprint density at radius 1 is 1.33 bits per heavy atom. The van der Waals surface area contributed by atoms with Gasteiger partial charge in [-0.3, -0.25) is 9.59 Å². The third-order valence-corrected chi connectivity index (χ3v) is 2.29. The Balaban J connectivity index is 2.62. The number of carbonyl (C=O) groups is 2. The van der Waals surface area contributed by atoms with Gasteiger partial charge in [0.25, 0.3) is 0 Å². The largest absolute Gasteiger partial charge is 0.481 e. The van der Waals surface area contributed by atoms with Gasteiger partial charge in [-0.2, -0.15) is 0 Å². The average Bonchev–Trinajstić information content (AvgIpc) is 2.22. The first-order valence-corrected chi connectivity index (χ1v) is 5.34. The van der Waals surface area contributed by atoms with Crippen molar-refractivity contribution in [1.29, 1.82) is 0 Å². The molecule has 0 fully saturated rings. The number of amides is 1. The van der Waals surface area contributed by atoms with Crippen molar-refractivity contribution in [3.05, 3.63) is 35.4 Å². The van der Waals surface area contributed by atoms with Crippen molar-refractivity contribution >= 4 is 11.9 Å². The number of hydrogen-bond donors (Lipinski definition) is 2. The van der Waals surface area contributed by atoms with Crippen molar-refractivity contribution < 1.29 is 23.5 Å². The van der Waals surface area contributed by atoms with E-state index in [4.69, 9.17) is 5.11 Å². The van der Waals surface area contributed by atoms with Crippen LogP contribution in [0.25, 0.3) is 0 Å². The smallest absolute Gasteiger partial charge is 0.305 e. The van der Waals surface area contributed by atoms with Gasteiger partial charge in [0.1, 0.15) is 11.6 Å². The van der Waals surface area contributed by atoms with E-state index in [0.717, 1.165) is 12.1 Å². The highest BCUT2D eigenvalue weighted by molar-refractivity contribution is 5.79. The van der Waals surface area contributed by atoms with Gasteiger partial charge in [-0.15, -0.1) is 0 Å². The summed E-state index contributed by atoms with van der Waals surface area (Å²) >= 11 is 0. The molecule has 1 unspecified atom stereocenters. The van der Waals surface area contributed by atoms with E-state index in [1.54, 1.807) is 0 Å². The van der Waals surface area contributed by atoms with Crippen LogP contribution in [0.15, 0.2) is 18.2 Å². The monoisotopic (exact) mass is 257 g/mol. The fourth-order valence-corrected chi connectivity index (χ4v) is 1.50. The standard InChI is InChI=1S/C12H13F2NO3/c1-7(5-12(17)18)15-11(16)6-8-9(13)3-2-4-10(8)14/h2-4,7H,5-6H2,1H3,(H,15,16)(H,17,18). The molecule has 98 valence electrons. The van der Waals surface area contributed by atoms with Gasteiger partial charge in [0.05, 0.1) is 12.8 Å². The third-order valence-electron chi connectivity index (χ3n) is 2.29. The molecule has 0 aliphatic carbocycles. The predicted molar refractivity (Wildman–Crippen MR) is 59.9 cm³/mol. The van der Waals surface area contributed by atoms with E-state index < -0.39 is 36.0 Å². The molecular formula is C12H13F2NO3. The fraction of sp³-hybridized carbons (Fsp3) is 0.333. The molecule has 1 amide bonds.